The second kappa shape index (κ2) is 8.80. The van der Waals surface area contributed by atoms with E-state index in [1.165, 1.54) is 11.1 Å². The molecule has 0 radical (unpaired) electrons. The predicted molar refractivity (Wildman–Crippen MR) is 123 cm³/mol. The summed E-state index contributed by atoms with van der Waals surface area (Å²) >= 11 is 0. The number of piperidine rings is 1. The van der Waals surface area contributed by atoms with Gasteiger partial charge in [0.2, 0.25) is 5.91 Å². The number of carbonyl (C=O) groups is 1. The Balaban J connectivity index is 1.59. The normalized spacial score (nSPS) is 16.6. The number of ether oxygens (including phenoxy) is 1. The number of methoxy groups -OCH3 is 1. The number of amides is 1. The average Bonchev–Trinajstić information content (AvgIpc) is 3.21. The van der Waals surface area contributed by atoms with Gasteiger partial charge >= 0.3 is 0 Å². The zero-order valence-corrected chi connectivity index (χ0v) is 18.6. The molecular formula is C26H29N3O2. The van der Waals surface area contributed by atoms with E-state index in [0.717, 1.165) is 47.7 Å². The topological polar surface area (TPSA) is 47.4 Å². The molecule has 0 aliphatic carbocycles. The largest absolute Gasteiger partial charge is 0.495 e. The van der Waals surface area contributed by atoms with Crippen molar-refractivity contribution in [3.8, 4) is 11.4 Å². The van der Waals surface area contributed by atoms with E-state index in [9.17, 15) is 4.79 Å². The second-order valence-electron chi connectivity index (χ2n) is 8.21. The van der Waals surface area contributed by atoms with Crippen molar-refractivity contribution >= 4 is 12.0 Å². The smallest absolute Gasteiger partial charge is 0.250 e. The molecule has 1 aromatic heterocycles. The van der Waals surface area contributed by atoms with Crippen molar-refractivity contribution in [2.45, 2.75) is 39.7 Å². The van der Waals surface area contributed by atoms with Gasteiger partial charge in [-0.1, -0.05) is 35.9 Å². The van der Waals surface area contributed by atoms with Gasteiger partial charge < -0.3 is 14.2 Å². The van der Waals surface area contributed by atoms with Gasteiger partial charge in [0.05, 0.1) is 30.9 Å². The first kappa shape index (κ1) is 20.9. The summed E-state index contributed by atoms with van der Waals surface area (Å²) in [5.41, 5.74) is 6.08. The van der Waals surface area contributed by atoms with Gasteiger partial charge in [-0.15, -0.1) is 0 Å². The summed E-state index contributed by atoms with van der Waals surface area (Å²) in [5.74, 6) is 0.868. The summed E-state index contributed by atoms with van der Waals surface area (Å²) in [6.45, 7) is 6.93. The Bertz CT molecular complexity index is 1110. The van der Waals surface area contributed by atoms with E-state index in [0.29, 0.717) is 0 Å². The van der Waals surface area contributed by atoms with Crippen LogP contribution in [0.3, 0.4) is 0 Å². The van der Waals surface area contributed by atoms with Crippen molar-refractivity contribution in [1.29, 1.82) is 0 Å². The number of benzene rings is 2. The van der Waals surface area contributed by atoms with Gasteiger partial charge in [-0.25, -0.2) is 4.98 Å². The first-order valence-electron chi connectivity index (χ1n) is 10.7. The number of carbonyl (C=O) groups excluding carboxylic acids is 1. The van der Waals surface area contributed by atoms with Crippen LogP contribution in [0.15, 0.2) is 60.6 Å². The lowest BCUT2D eigenvalue weighted by Gasteiger charge is -2.34. The minimum Gasteiger partial charge on any atom is -0.495 e. The van der Waals surface area contributed by atoms with Crippen molar-refractivity contribution in [2.24, 2.45) is 0 Å². The lowest BCUT2D eigenvalue weighted by molar-refractivity contribution is -0.130. The molecular weight excluding hydrogens is 386 g/mol. The summed E-state index contributed by atoms with van der Waals surface area (Å²) < 4.78 is 7.57. The van der Waals surface area contributed by atoms with Gasteiger partial charge in [0.1, 0.15) is 5.75 Å². The van der Waals surface area contributed by atoms with Gasteiger partial charge in [0.15, 0.2) is 0 Å². The third-order valence-electron chi connectivity index (χ3n) is 5.94. The molecule has 1 amide bonds. The highest BCUT2D eigenvalue weighted by molar-refractivity contribution is 5.98. The minimum atomic E-state index is 0.0539. The van der Waals surface area contributed by atoms with Crippen LogP contribution in [-0.2, 0) is 4.79 Å². The van der Waals surface area contributed by atoms with Crippen LogP contribution in [0.1, 0.15) is 48.2 Å². The second-order valence-corrected chi connectivity index (χ2v) is 8.21. The zero-order valence-electron chi connectivity index (χ0n) is 18.6. The monoisotopic (exact) mass is 415 g/mol. The molecule has 4 rings (SSSR count). The summed E-state index contributed by atoms with van der Waals surface area (Å²) in [6, 6.07) is 14.5. The Morgan fingerprint density at radius 2 is 1.90 bits per heavy atom. The molecule has 1 fully saturated rings. The van der Waals surface area contributed by atoms with Gasteiger partial charge in [-0.05, 0) is 62.9 Å². The maximum absolute atomic E-state index is 13.3. The molecule has 0 unspecified atom stereocenters. The molecule has 2 heterocycles. The fourth-order valence-electron chi connectivity index (χ4n) is 4.11. The molecule has 0 spiro atoms. The third kappa shape index (κ3) is 4.41. The number of aryl methyl sites for hydroxylation is 2. The first-order chi connectivity index (χ1) is 15.0. The highest BCUT2D eigenvalue weighted by Gasteiger charge is 2.27. The fourth-order valence-corrected chi connectivity index (χ4v) is 4.11. The molecule has 3 aromatic rings. The number of imidazole rings is 1. The number of nitrogens with zero attached hydrogens (tertiary/aromatic N) is 3. The summed E-state index contributed by atoms with van der Waals surface area (Å²) in [7, 11) is 1.66. The molecule has 0 saturated carbocycles. The van der Waals surface area contributed by atoms with Gasteiger partial charge in [-0.3, -0.25) is 4.79 Å². The highest BCUT2D eigenvalue weighted by Crippen LogP contribution is 2.30. The van der Waals surface area contributed by atoms with E-state index in [1.807, 2.05) is 46.9 Å². The lowest BCUT2D eigenvalue weighted by Crippen LogP contribution is -2.38. The number of hydrogen-bond acceptors (Lipinski definition) is 3. The van der Waals surface area contributed by atoms with E-state index >= 15 is 0 Å². The van der Waals surface area contributed by atoms with Crippen molar-refractivity contribution < 1.29 is 9.53 Å². The van der Waals surface area contributed by atoms with E-state index in [4.69, 9.17) is 4.74 Å². The van der Waals surface area contributed by atoms with Crippen LogP contribution in [0.5, 0.6) is 5.75 Å². The van der Waals surface area contributed by atoms with Crippen molar-refractivity contribution in [3.05, 3.63) is 82.9 Å². The van der Waals surface area contributed by atoms with Crippen molar-refractivity contribution in [1.82, 2.24) is 14.5 Å². The Morgan fingerprint density at radius 3 is 2.58 bits per heavy atom. The van der Waals surface area contributed by atoms with Gasteiger partial charge in [-0.2, -0.15) is 0 Å². The number of rotatable bonds is 5. The standard InChI is InChI=1S/C26H29N3O2/c1-18-7-10-22(11-8-18)20(3)29-13-5-6-23(26(29)30)14-21-9-12-24(25(15-21)31-4)28-16-19(2)27-17-28/h7-12,14-17,20H,5-6,13H2,1-4H3/t20-/m0/s1. The van der Waals surface area contributed by atoms with Crippen molar-refractivity contribution in [2.75, 3.05) is 13.7 Å². The third-order valence-corrected chi connectivity index (χ3v) is 5.94. The summed E-state index contributed by atoms with van der Waals surface area (Å²) in [5, 5.41) is 0. The number of hydrogen-bond donors (Lipinski definition) is 0. The minimum absolute atomic E-state index is 0.0539. The molecule has 1 saturated heterocycles. The fraction of sp³-hybridized carbons (Fsp3) is 0.308. The molecule has 1 aliphatic rings. The zero-order chi connectivity index (χ0) is 22.0. The van der Waals surface area contributed by atoms with Crippen LogP contribution in [0.2, 0.25) is 0 Å². The summed E-state index contributed by atoms with van der Waals surface area (Å²) in [4.78, 5) is 19.6. The lowest BCUT2D eigenvalue weighted by atomic mass is 9.97. The molecule has 0 bridgehead atoms. The van der Waals surface area contributed by atoms with Crippen LogP contribution < -0.4 is 4.74 Å². The molecule has 2 aromatic carbocycles. The van der Waals surface area contributed by atoms with Crippen LogP contribution >= 0.6 is 0 Å². The SMILES string of the molecule is COc1cc(C=C2CCCN([C@@H](C)c3ccc(C)cc3)C2=O)ccc1-n1cnc(C)c1. The maximum atomic E-state index is 13.3. The Kier molecular flexibility index (Phi) is 5.94. The Morgan fingerprint density at radius 1 is 1.13 bits per heavy atom. The number of aromatic nitrogens is 2. The van der Waals surface area contributed by atoms with E-state index in [-0.39, 0.29) is 11.9 Å². The average molecular weight is 416 g/mol. The highest BCUT2D eigenvalue weighted by atomic mass is 16.5. The predicted octanol–water partition coefficient (Wildman–Crippen LogP) is 5.26. The Hall–Kier alpha value is -3.34. The van der Waals surface area contributed by atoms with Crippen LogP contribution in [-0.4, -0.2) is 34.0 Å². The molecule has 1 atom stereocenters. The molecule has 1 aliphatic heterocycles. The quantitative estimate of drug-likeness (QED) is 0.534. The van der Waals surface area contributed by atoms with Gasteiger partial charge in [0, 0.05) is 18.3 Å². The molecule has 5 nitrogen and oxygen atoms in total. The van der Waals surface area contributed by atoms with Crippen LogP contribution in [0.4, 0.5) is 0 Å². The van der Waals surface area contributed by atoms with E-state index in [1.54, 1.807) is 13.4 Å². The number of likely N-dealkylation sites (tertiary alicyclic amines) is 1. The van der Waals surface area contributed by atoms with Crippen LogP contribution in [0, 0.1) is 13.8 Å². The van der Waals surface area contributed by atoms with E-state index < -0.39 is 0 Å². The van der Waals surface area contributed by atoms with Crippen molar-refractivity contribution in [3.63, 3.8) is 0 Å². The molecule has 0 N–H and O–H groups in total. The summed E-state index contributed by atoms with van der Waals surface area (Å²) in [6.07, 6.45) is 7.51. The maximum Gasteiger partial charge on any atom is 0.250 e. The van der Waals surface area contributed by atoms with E-state index in [2.05, 4.69) is 43.1 Å². The molecule has 31 heavy (non-hydrogen) atoms. The molecule has 160 valence electrons. The molecule has 5 heteroatoms. The van der Waals surface area contributed by atoms with Gasteiger partial charge in [0.25, 0.3) is 0 Å². The first-order valence-corrected chi connectivity index (χ1v) is 10.7. The van der Waals surface area contributed by atoms with Crippen LogP contribution in [0.25, 0.3) is 11.8 Å². The Labute approximate surface area is 184 Å².